The molecule has 0 saturated carbocycles. The number of sulfone groups is 1. The number of aromatic nitrogens is 2. The van der Waals surface area contributed by atoms with Crippen molar-refractivity contribution in [2.24, 2.45) is 0 Å². The summed E-state index contributed by atoms with van der Waals surface area (Å²) < 4.78 is 42.4. The number of hydrogen-bond donors (Lipinski definition) is 2. The van der Waals surface area contributed by atoms with Crippen molar-refractivity contribution >= 4 is 33.3 Å². The van der Waals surface area contributed by atoms with Crippen LogP contribution in [0.1, 0.15) is 17.3 Å². The molecule has 0 aliphatic carbocycles. The van der Waals surface area contributed by atoms with E-state index in [0.29, 0.717) is 23.1 Å². The maximum absolute atomic E-state index is 12.6. The van der Waals surface area contributed by atoms with Crippen LogP contribution in [0.25, 0.3) is 0 Å². The molecule has 9 nitrogen and oxygen atoms in total. The number of benzene rings is 2. The Morgan fingerprint density at radius 1 is 1.17 bits per heavy atom. The van der Waals surface area contributed by atoms with Crippen LogP contribution in [0.2, 0.25) is 0 Å². The molecule has 1 aromatic heterocycles. The van der Waals surface area contributed by atoms with Crippen molar-refractivity contribution in [3.05, 3.63) is 54.2 Å². The molecule has 11 heteroatoms. The van der Waals surface area contributed by atoms with Gasteiger partial charge < -0.3 is 19.9 Å². The highest BCUT2D eigenvalue weighted by Crippen LogP contribution is 2.29. The summed E-state index contributed by atoms with van der Waals surface area (Å²) in [5.74, 6) is 0.875. The third-order valence-corrected chi connectivity index (χ3v) is 5.43. The molecule has 0 aliphatic heterocycles. The van der Waals surface area contributed by atoms with Gasteiger partial charge in [0.15, 0.2) is 15.7 Å². The zero-order valence-electron chi connectivity index (χ0n) is 16.1. The molecule has 1 heterocycles. The minimum atomic E-state index is -3.32. The van der Waals surface area contributed by atoms with E-state index in [2.05, 4.69) is 14.1 Å². The Bertz CT molecular complexity index is 1120. The first-order valence-electron chi connectivity index (χ1n) is 8.74. The number of aliphatic hydroxyl groups is 1. The van der Waals surface area contributed by atoms with Crippen molar-refractivity contribution in [1.82, 2.24) is 8.75 Å². The molecule has 3 aromatic rings. The normalized spacial score (nSPS) is 12.2. The van der Waals surface area contributed by atoms with Crippen LogP contribution < -0.4 is 14.8 Å². The lowest BCUT2D eigenvalue weighted by Crippen LogP contribution is -2.17. The number of hydrogen-bond acceptors (Lipinski definition) is 9. The molecule has 158 valence electrons. The fraction of sp³-hybridized carbons (Fsp3) is 0.211. The number of ether oxygens (including phenoxy) is 2. The molecule has 2 aromatic carbocycles. The molecule has 0 aliphatic rings. The van der Waals surface area contributed by atoms with Crippen molar-refractivity contribution in [1.29, 1.82) is 0 Å². The lowest BCUT2D eigenvalue weighted by atomic mass is 10.2. The molecular formula is C19H19N3O6S2. The molecule has 0 radical (unpaired) electrons. The highest BCUT2D eigenvalue weighted by atomic mass is 32.2. The maximum atomic E-state index is 12.6. The molecule has 30 heavy (non-hydrogen) atoms. The Kier molecular flexibility index (Phi) is 6.65. The number of amides is 1. The van der Waals surface area contributed by atoms with E-state index in [1.165, 1.54) is 42.6 Å². The number of carbonyl (C=O) groups excluding carboxylic acids is 1. The average Bonchev–Trinajstić information content (AvgIpc) is 3.20. The molecule has 0 unspecified atom stereocenters. The highest BCUT2D eigenvalue weighted by molar-refractivity contribution is 7.90. The van der Waals surface area contributed by atoms with E-state index < -0.39 is 21.8 Å². The number of rotatable bonds is 8. The Hall–Kier alpha value is -3.02. The summed E-state index contributed by atoms with van der Waals surface area (Å²) in [5.41, 5.74) is 0.244. The van der Waals surface area contributed by atoms with Crippen LogP contribution >= 0.6 is 11.7 Å². The first-order valence-corrected chi connectivity index (χ1v) is 11.4. The van der Waals surface area contributed by atoms with Crippen molar-refractivity contribution in [2.45, 2.75) is 17.9 Å². The molecule has 0 spiro atoms. The second-order valence-corrected chi connectivity index (χ2v) is 8.97. The minimum absolute atomic E-state index is 0.167. The molecule has 0 saturated heterocycles. The van der Waals surface area contributed by atoms with Gasteiger partial charge in [0.1, 0.15) is 23.4 Å². The average molecular weight is 450 g/mol. The second-order valence-electron chi connectivity index (χ2n) is 6.40. The lowest BCUT2D eigenvalue weighted by Gasteiger charge is -2.15. The van der Waals surface area contributed by atoms with Crippen LogP contribution in [0.5, 0.6) is 17.2 Å². The van der Waals surface area contributed by atoms with Gasteiger partial charge in [-0.1, -0.05) is 0 Å². The van der Waals surface area contributed by atoms with Crippen molar-refractivity contribution in [3.63, 3.8) is 0 Å². The zero-order chi connectivity index (χ0) is 21.7. The molecule has 0 fully saturated rings. The van der Waals surface area contributed by atoms with E-state index in [-0.39, 0.29) is 17.1 Å². The number of nitrogens with zero attached hydrogens (tertiary/aromatic N) is 2. The summed E-state index contributed by atoms with van der Waals surface area (Å²) >= 11 is 0.964. The van der Waals surface area contributed by atoms with Crippen LogP contribution in [0.3, 0.4) is 0 Å². The number of carbonyl (C=O) groups is 1. The number of anilines is 1. The predicted molar refractivity (Wildman–Crippen MR) is 111 cm³/mol. The van der Waals surface area contributed by atoms with Gasteiger partial charge >= 0.3 is 0 Å². The summed E-state index contributed by atoms with van der Waals surface area (Å²) in [6.45, 7) is 1.47. The van der Waals surface area contributed by atoms with Gasteiger partial charge in [-0.05, 0) is 43.3 Å². The summed E-state index contributed by atoms with van der Waals surface area (Å²) in [6.07, 6.45) is 2.06. The number of nitrogens with one attached hydrogen (secondary N) is 1. The Labute approximate surface area is 177 Å². The quantitative estimate of drug-likeness (QED) is 0.537. The number of aliphatic hydroxyl groups excluding tert-OH is 1. The fourth-order valence-corrected chi connectivity index (χ4v) is 3.40. The molecule has 1 amide bonds. The summed E-state index contributed by atoms with van der Waals surface area (Å²) in [6, 6.07) is 10.5. The van der Waals surface area contributed by atoms with E-state index in [0.717, 1.165) is 18.0 Å². The largest absolute Gasteiger partial charge is 0.488 e. The van der Waals surface area contributed by atoms with Gasteiger partial charge in [-0.25, -0.2) is 8.42 Å². The van der Waals surface area contributed by atoms with Crippen molar-refractivity contribution in [3.8, 4) is 17.2 Å². The second kappa shape index (κ2) is 9.20. The lowest BCUT2D eigenvalue weighted by molar-refractivity contribution is 0.102. The Balaban J connectivity index is 1.88. The monoisotopic (exact) mass is 449 g/mol. The van der Waals surface area contributed by atoms with Crippen molar-refractivity contribution < 1.29 is 27.8 Å². The third kappa shape index (κ3) is 5.75. The van der Waals surface area contributed by atoms with Gasteiger partial charge in [0.05, 0.1) is 29.4 Å². The van der Waals surface area contributed by atoms with Crippen LogP contribution in [0, 0.1) is 0 Å². The van der Waals surface area contributed by atoms with Crippen LogP contribution in [0.4, 0.5) is 5.82 Å². The van der Waals surface area contributed by atoms with Crippen LogP contribution in [-0.2, 0) is 9.84 Å². The summed E-state index contributed by atoms with van der Waals surface area (Å²) in [5, 5.41) is 11.9. The zero-order valence-corrected chi connectivity index (χ0v) is 17.7. The maximum Gasteiger partial charge on any atom is 0.257 e. The SMILES string of the molecule is C[C@@H](CO)Oc1cc(Oc2ccc(S(C)(=O)=O)cc2)cc(C(=O)Nc2cnsn2)c1. The Morgan fingerprint density at radius 2 is 1.87 bits per heavy atom. The van der Waals surface area contributed by atoms with E-state index in [1.807, 2.05) is 0 Å². The van der Waals surface area contributed by atoms with Crippen LogP contribution in [0.15, 0.2) is 53.6 Å². The van der Waals surface area contributed by atoms with Gasteiger partial charge in [0.2, 0.25) is 0 Å². The molecule has 0 bridgehead atoms. The summed E-state index contributed by atoms with van der Waals surface area (Å²) in [4.78, 5) is 12.7. The third-order valence-electron chi connectivity index (χ3n) is 3.83. The smallest absolute Gasteiger partial charge is 0.257 e. The molecule has 3 rings (SSSR count). The first kappa shape index (κ1) is 21.7. The van der Waals surface area contributed by atoms with Gasteiger partial charge in [-0.3, -0.25) is 4.79 Å². The predicted octanol–water partition coefficient (Wildman–Crippen LogP) is 2.75. The van der Waals surface area contributed by atoms with E-state index >= 15 is 0 Å². The Morgan fingerprint density at radius 3 is 2.47 bits per heavy atom. The molecule has 2 N–H and O–H groups in total. The van der Waals surface area contributed by atoms with Gasteiger partial charge in [-0.15, -0.1) is 0 Å². The van der Waals surface area contributed by atoms with Crippen molar-refractivity contribution in [2.75, 3.05) is 18.2 Å². The topological polar surface area (TPSA) is 128 Å². The molecular weight excluding hydrogens is 430 g/mol. The van der Waals surface area contributed by atoms with Gasteiger partial charge in [0, 0.05) is 17.9 Å². The fourth-order valence-electron chi connectivity index (χ4n) is 2.40. The molecule has 1 atom stereocenters. The van der Waals surface area contributed by atoms with Gasteiger partial charge in [0.25, 0.3) is 5.91 Å². The standard InChI is InChI=1S/C19H19N3O6S2/c1-12(11-23)27-15-7-13(19(24)21-18-10-20-29-22-18)8-16(9-15)28-14-3-5-17(6-4-14)30(2,25)26/h3-10,12,23H,11H2,1-2H3,(H,21,22,24)/t12-/m0/s1. The van der Waals surface area contributed by atoms with E-state index in [1.54, 1.807) is 13.0 Å². The van der Waals surface area contributed by atoms with Gasteiger partial charge in [-0.2, -0.15) is 8.75 Å². The first-order chi connectivity index (χ1) is 14.2. The summed E-state index contributed by atoms with van der Waals surface area (Å²) in [7, 11) is -3.32. The minimum Gasteiger partial charge on any atom is -0.488 e. The van der Waals surface area contributed by atoms with Crippen LogP contribution in [-0.4, -0.2) is 47.1 Å². The highest BCUT2D eigenvalue weighted by Gasteiger charge is 2.14. The van der Waals surface area contributed by atoms with E-state index in [9.17, 15) is 18.3 Å². The van der Waals surface area contributed by atoms with E-state index in [4.69, 9.17) is 9.47 Å².